The van der Waals surface area contributed by atoms with Crippen molar-refractivity contribution in [2.75, 3.05) is 13.1 Å². The van der Waals surface area contributed by atoms with Crippen molar-refractivity contribution in [2.24, 2.45) is 13.0 Å². The molecule has 3 rings (SSSR count). The van der Waals surface area contributed by atoms with Crippen LogP contribution in [0, 0.1) is 18.7 Å². The lowest BCUT2D eigenvalue weighted by molar-refractivity contribution is 0.0854. The van der Waals surface area contributed by atoms with E-state index in [1.807, 2.05) is 20.0 Å². The Morgan fingerprint density at radius 3 is 2.46 bits per heavy atom. The first-order chi connectivity index (χ1) is 12.4. The van der Waals surface area contributed by atoms with Gasteiger partial charge in [-0.1, -0.05) is 0 Å². The van der Waals surface area contributed by atoms with Gasteiger partial charge in [0.25, 0.3) is 0 Å². The van der Waals surface area contributed by atoms with Crippen molar-refractivity contribution in [3.05, 3.63) is 53.1 Å². The summed E-state index contributed by atoms with van der Waals surface area (Å²) >= 11 is 0. The Bertz CT molecular complexity index is 792. The van der Waals surface area contributed by atoms with Crippen LogP contribution in [-0.2, 0) is 13.6 Å². The van der Waals surface area contributed by atoms with Crippen molar-refractivity contribution >= 4 is 11.8 Å². The Hall–Kier alpha value is -2.70. The molecule has 7 heteroatoms. The molecule has 0 saturated carbocycles. The summed E-state index contributed by atoms with van der Waals surface area (Å²) in [6.07, 6.45) is 1.24. The fourth-order valence-electron chi connectivity index (χ4n) is 3.30. The second kappa shape index (κ2) is 7.68. The molecule has 1 aromatic heterocycles. The van der Waals surface area contributed by atoms with E-state index in [0.717, 1.165) is 11.4 Å². The first kappa shape index (κ1) is 18.1. The Kier molecular flexibility index (Phi) is 5.35. The molecule has 0 bridgehead atoms. The maximum absolute atomic E-state index is 13.0. The standard InChI is InChI=1S/C19H23FN4O2/c1-13-11-17(23(2)22-13)12-21-19(26)24-9-7-15(8-10-24)18(25)14-3-5-16(20)6-4-14/h3-6,11,15H,7-10,12H2,1-2H3,(H,21,26). The third kappa shape index (κ3) is 4.09. The number of carbonyl (C=O) groups is 2. The van der Waals surface area contributed by atoms with Gasteiger partial charge in [0.05, 0.1) is 17.9 Å². The van der Waals surface area contributed by atoms with Gasteiger partial charge in [-0.25, -0.2) is 9.18 Å². The van der Waals surface area contributed by atoms with Crippen LogP contribution >= 0.6 is 0 Å². The zero-order chi connectivity index (χ0) is 18.7. The number of rotatable bonds is 4. The fourth-order valence-corrected chi connectivity index (χ4v) is 3.30. The maximum atomic E-state index is 13.0. The van der Waals surface area contributed by atoms with Crippen LogP contribution in [0.4, 0.5) is 9.18 Å². The summed E-state index contributed by atoms with van der Waals surface area (Å²) in [6, 6.07) is 7.45. The molecule has 1 aliphatic rings. The highest BCUT2D eigenvalue weighted by atomic mass is 19.1. The number of benzene rings is 1. The molecule has 1 N–H and O–H groups in total. The Morgan fingerprint density at radius 1 is 1.23 bits per heavy atom. The molecular weight excluding hydrogens is 335 g/mol. The molecule has 2 aromatic rings. The lowest BCUT2D eigenvalue weighted by Gasteiger charge is -2.31. The third-order valence-corrected chi connectivity index (χ3v) is 4.80. The summed E-state index contributed by atoms with van der Waals surface area (Å²) in [4.78, 5) is 26.6. The molecule has 2 amide bonds. The van der Waals surface area contributed by atoms with E-state index in [9.17, 15) is 14.0 Å². The van der Waals surface area contributed by atoms with Crippen molar-refractivity contribution in [1.82, 2.24) is 20.0 Å². The Morgan fingerprint density at radius 2 is 1.88 bits per heavy atom. The molecule has 0 unspecified atom stereocenters. The van der Waals surface area contributed by atoms with Crippen LogP contribution in [0.1, 0.15) is 34.6 Å². The van der Waals surface area contributed by atoms with Crippen molar-refractivity contribution < 1.29 is 14.0 Å². The predicted octanol–water partition coefficient (Wildman–Crippen LogP) is 2.67. The van der Waals surface area contributed by atoms with E-state index in [-0.39, 0.29) is 23.5 Å². The third-order valence-electron chi connectivity index (χ3n) is 4.80. The van der Waals surface area contributed by atoms with Crippen LogP contribution in [0.3, 0.4) is 0 Å². The zero-order valence-corrected chi connectivity index (χ0v) is 15.0. The van der Waals surface area contributed by atoms with E-state index < -0.39 is 0 Å². The van der Waals surface area contributed by atoms with Gasteiger partial charge in [-0.15, -0.1) is 0 Å². The first-order valence-electron chi connectivity index (χ1n) is 8.76. The number of amides is 2. The minimum Gasteiger partial charge on any atom is -0.332 e. The summed E-state index contributed by atoms with van der Waals surface area (Å²) < 4.78 is 14.7. The van der Waals surface area contributed by atoms with E-state index in [1.54, 1.807) is 9.58 Å². The average molecular weight is 358 g/mol. The predicted molar refractivity (Wildman–Crippen MR) is 95.2 cm³/mol. The van der Waals surface area contributed by atoms with Crippen molar-refractivity contribution in [3.8, 4) is 0 Å². The van der Waals surface area contributed by atoms with Gasteiger partial charge in [0.15, 0.2) is 5.78 Å². The molecule has 0 atom stereocenters. The number of ketones is 1. The van der Waals surface area contributed by atoms with E-state index in [4.69, 9.17) is 0 Å². The minimum atomic E-state index is -0.350. The number of halogens is 1. The number of nitrogens with one attached hydrogen (secondary N) is 1. The number of likely N-dealkylation sites (tertiary alicyclic amines) is 1. The van der Waals surface area contributed by atoms with E-state index >= 15 is 0 Å². The first-order valence-corrected chi connectivity index (χ1v) is 8.76. The van der Waals surface area contributed by atoms with Crippen LogP contribution in [0.5, 0.6) is 0 Å². The van der Waals surface area contributed by atoms with Crippen molar-refractivity contribution in [3.63, 3.8) is 0 Å². The summed E-state index contributed by atoms with van der Waals surface area (Å²) in [7, 11) is 1.85. The molecule has 0 spiro atoms. The molecule has 0 aliphatic carbocycles. The Balaban J connectivity index is 1.49. The molecule has 0 radical (unpaired) electrons. The van der Waals surface area contributed by atoms with E-state index in [2.05, 4.69) is 10.4 Å². The van der Waals surface area contributed by atoms with Crippen LogP contribution in [0.15, 0.2) is 30.3 Å². The van der Waals surface area contributed by atoms with Crippen molar-refractivity contribution in [1.29, 1.82) is 0 Å². The SMILES string of the molecule is Cc1cc(CNC(=O)N2CCC(C(=O)c3ccc(F)cc3)CC2)n(C)n1. The fraction of sp³-hybridized carbons (Fsp3) is 0.421. The normalized spacial score (nSPS) is 15.1. The molecule has 1 fully saturated rings. The number of aromatic nitrogens is 2. The largest absolute Gasteiger partial charge is 0.332 e. The average Bonchev–Trinajstić information content (AvgIpc) is 2.97. The van der Waals surface area contributed by atoms with Crippen molar-refractivity contribution in [2.45, 2.75) is 26.3 Å². The molecule has 2 heterocycles. The van der Waals surface area contributed by atoms with Gasteiger partial charge in [-0.3, -0.25) is 9.48 Å². The maximum Gasteiger partial charge on any atom is 0.317 e. The highest BCUT2D eigenvalue weighted by Crippen LogP contribution is 2.22. The zero-order valence-electron chi connectivity index (χ0n) is 15.0. The highest BCUT2D eigenvalue weighted by Gasteiger charge is 2.28. The topological polar surface area (TPSA) is 67.2 Å². The van der Waals surface area contributed by atoms with Gasteiger partial charge in [0.1, 0.15) is 5.82 Å². The van der Waals surface area contributed by atoms with Gasteiger partial charge in [-0.05, 0) is 50.1 Å². The second-order valence-electron chi connectivity index (χ2n) is 6.69. The molecular formula is C19H23FN4O2. The molecule has 26 heavy (non-hydrogen) atoms. The van der Waals surface area contributed by atoms with Crippen LogP contribution in [0.25, 0.3) is 0 Å². The quantitative estimate of drug-likeness (QED) is 0.855. The number of piperidine rings is 1. The molecule has 6 nitrogen and oxygen atoms in total. The van der Waals surface area contributed by atoms with Gasteiger partial charge in [-0.2, -0.15) is 5.10 Å². The minimum absolute atomic E-state index is 0.0235. The monoisotopic (exact) mass is 358 g/mol. The van der Waals surface area contributed by atoms with Crippen LogP contribution in [-0.4, -0.2) is 39.6 Å². The number of carbonyl (C=O) groups excluding carboxylic acids is 2. The lowest BCUT2D eigenvalue weighted by Crippen LogP contribution is -2.45. The summed E-state index contributed by atoms with van der Waals surface area (Å²) in [5, 5.41) is 7.16. The number of nitrogens with zero attached hydrogens (tertiary/aromatic N) is 3. The molecule has 1 aliphatic heterocycles. The molecule has 1 aromatic carbocycles. The lowest BCUT2D eigenvalue weighted by atomic mass is 9.89. The highest BCUT2D eigenvalue weighted by molar-refractivity contribution is 5.98. The molecule has 1 saturated heterocycles. The summed E-state index contributed by atoms with van der Waals surface area (Å²) in [5.41, 5.74) is 2.38. The van der Waals surface area contributed by atoms with Gasteiger partial charge in [0, 0.05) is 31.6 Å². The number of aryl methyl sites for hydroxylation is 2. The van der Waals surface area contributed by atoms with E-state index in [0.29, 0.717) is 38.0 Å². The number of Topliss-reactive ketones (excluding diaryl/α,β-unsaturated/α-hetero) is 1. The Labute approximate surface area is 152 Å². The smallest absolute Gasteiger partial charge is 0.317 e. The number of urea groups is 1. The van der Waals surface area contributed by atoms with Gasteiger partial charge >= 0.3 is 6.03 Å². The van der Waals surface area contributed by atoms with Crippen LogP contribution in [0.2, 0.25) is 0 Å². The molecule has 138 valence electrons. The van der Waals surface area contributed by atoms with Crippen LogP contribution < -0.4 is 5.32 Å². The van der Waals surface area contributed by atoms with E-state index in [1.165, 1.54) is 24.3 Å². The summed E-state index contributed by atoms with van der Waals surface area (Å²) in [5.74, 6) is -0.448. The van der Waals surface area contributed by atoms with Gasteiger partial charge in [0.2, 0.25) is 0 Å². The number of hydrogen-bond acceptors (Lipinski definition) is 3. The second-order valence-corrected chi connectivity index (χ2v) is 6.69. The number of hydrogen-bond donors (Lipinski definition) is 1. The van der Waals surface area contributed by atoms with Gasteiger partial charge < -0.3 is 10.2 Å². The summed E-state index contributed by atoms with van der Waals surface area (Å²) in [6.45, 7) is 3.40.